The lowest BCUT2D eigenvalue weighted by Gasteiger charge is -2.29. The molecule has 0 aliphatic carbocycles. The van der Waals surface area contributed by atoms with E-state index < -0.39 is 0 Å². The van der Waals surface area contributed by atoms with Crippen molar-refractivity contribution in [1.82, 2.24) is 9.80 Å². The van der Waals surface area contributed by atoms with E-state index in [0.29, 0.717) is 30.4 Å². The molecule has 2 aromatic rings. The van der Waals surface area contributed by atoms with Gasteiger partial charge in [0.05, 0.1) is 32.9 Å². The first-order valence-corrected chi connectivity index (χ1v) is 14.6. The number of carbonyl (C=O) groups excluding carboxylic acids is 1. The van der Waals surface area contributed by atoms with Crippen molar-refractivity contribution >= 4 is 43.5 Å². The standard InChI is InChI=1S/C28H37Br2N3O4/c1-35-25-12-20-7-10-33(27(34)14-21(20)13-26(25)36-2)18-19-6-3-4-8-32(17-19)9-5-11-37-22-15-23(29)28(31)24(30)16-22/h12-13,15-16,19H,3-11,14,17-18,31H2,1-2H3. The van der Waals surface area contributed by atoms with Crippen molar-refractivity contribution in [1.29, 1.82) is 0 Å². The van der Waals surface area contributed by atoms with E-state index in [4.69, 9.17) is 19.9 Å². The Labute approximate surface area is 236 Å². The molecule has 2 aromatic carbocycles. The molecule has 7 nitrogen and oxygen atoms in total. The number of ether oxygens (including phenoxy) is 3. The highest BCUT2D eigenvalue weighted by Crippen LogP contribution is 2.34. The third-order valence-corrected chi connectivity index (χ3v) is 8.64. The molecular weight excluding hydrogens is 602 g/mol. The summed E-state index contributed by atoms with van der Waals surface area (Å²) in [5.41, 5.74) is 8.87. The Morgan fingerprint density at radius 1 is 1.00 bits per heavy atom. The van der Waals surface area contributed by atoms with Gasteiger partial charge in [-0.25, -0.2) is 0 Å². The summed E-state index contributed by atoms with van der Waals surface area (Å²) >= 11 is 6.94. The highest BCUT2D eigenvalue weighted by Gasteiger charge is 2.26. The van der Waals surface area contributed by atoms with Crippen LogP contribution in [0.2, 0.25) is 0 Å². The van der Waals surface area contributed by atoms with E-state index in [1.165, 1.54) is 24.8 Å². The molecule has 0 radical (unpaired) electrons. The quantitative estimate of drug-likeness (QED) is 0.296. The molecule has 0 spiro atoms. The van der Waals surface area contributed by atoms with Gasteiger partial charge in [0.1, 0.15) is 5.75 Å². The van der Waals surface area contributed by atoms with Crippen LogP contribution in [0, 0.1) is 5.92 Å². The van der Waals surface area contributed by atoms with Crippen molar-refractivity contribution in [3.8, 4) is 17.2 Å². The number of hydrogen-bond donors (Lipinski definition) is 1. The molecule has 2 aliphatic rings. The van der Waals surface area contributed by atoms with Crippen molar-refractivity contribution < 1.29 is 19.0 Å². The second kappa shape index (κ2) is 13.2. The number of rotatable bonds is 9. The fourth-order valence-electron chi connectivity index (χ4n) is 5.31. The molecule has 2 aliphatic heterocycles. The normalized spacial score (nSPS) is 18.6. The summed E-state index contributed by atoms with van der Waals surface area (Å²) in [6.07, 6.45) is 5.79. The Bertz CT molecular complexity index is 1070. The largest absolute Gasteiger partial charge is 0.493 e. The first kappa shape index (κ1) is 28.0. The van der Waals surface area contributed by atoms with E-state index in [9.17, 15) is 4.79 Å². The number of nitrogens with zero attached hydrogens (tertiary/aromatic N) is 2. The fourth-order valence-corrected chi connectivity index (χ4v) is 6.46. The maximum atomic E-state index is 13.2. The number of fused-ring (bicyclic) bond motifs is 1. The van der Waals surface area contributed by atoms with E-state index in [1.54, 1.807) is 14.2 Å². The highest BCUT2D eigenvalue weighted by atomic mass is 79.9. The molecule has 0 bridgehead atoms. The number of carbonyl (C=O) groups is 1. The summed E-state index contributed by atoms with van der Waals surface area (Å²) < 4.78 is 18.6. The van der Waals surface area contributed by atoms with Gasteiger partial charge < -0.3 is 29.7 Å². The van der Waals surface area contributed by atoms with Crippen LogP contribution >= 0.6 is 31.9 Å². The van der Waals surface area contributed by atoms with Crippen molar-refractivity contribution in [2.24, 2.45) is 5.92 Å². The molecule has 1 amide bonds. The van der Waals surface area contributed by atoms with E-state index in [0.717, 1.165) is 71.6 Å². The smallest absolute Gasteiger partial charge is 0.227 e. The van der Waals surface area contributed by atoms with E-state index in [1.807, 2.05) is 24.3 Å². The van der Waals surface area contributed by atoms with Crippen LogP contribution in [0.25, 0.3) is 0 Å². The Morgan fingerprint density at radius 3 is 2.41 bits per heavy atom. The number of nitrogens with two attached hydrogens (primary N) is 1. The molecule has 0 saturated carbocycles. The molecule has 1 atom stereocenters. The molecule has 1 unspecified atom stereocenters. The number of hydrogen-bond acceptors (Lipinski definition) is 6. The molecular formula is C28H37Br2N3O4. The second-order valence-electron chi connectivity index (χ2n) is 9.91. The van der Waals surface area contributed by atoms with Crippen LogP contribution in [0.3, 0.4) is 0 Å². The topological polar surface area (TPSA) is 77.3 Å². The van der Waals surface area contributed by atoms with Gasteiger partial charge >= 0.3 is 0 Å². The Kier molecular flexibility index (Phi) is 10.0. The van der Waals surface area contributed by atoms with Crippen molar-refractivity contribution in [2.45, 2.75) is 38.5 Å². The second-order valence-corrected chi connectivity index (χ2v) is 11.6. The lowest BCUT2D eigenvalue weighted by Crippen LogP contribution is -2.40. The average Bonchev–Trinajstić information content (AvgIpc) is 3.20. The van der Waals surface area contributed by atoms with Gasteiger partial charge in [0, 0.05) is 35.1 Å². The molecule has 2 N–H and O–H groups in total. The van der Waals surface area contributed by atoms with Gasteiger partial charge in [0.25, 0.3) is 0 Å². The van der Waals surface area contributed by atoms with Gasteiger partial charge in [-0.1, -0.05) is 6.42 Å². The van der Waals surface area contributed by atoms with Crippen LogP contribution < -0.4 is 19.9 Å². The summed E-state index contributed by atoms with van der Waals surface area (Å²) in [6, 6.07) is 7.81. The number of benzene rings is 2. The van der Waals surface area contributed by atoms with Crippen LogP contribution in [0.4, 0.5) is 5.69 Å². The maximum Gasteiger partial charge on any atom is 0.227 e. The minimum atomic E-state index is 0.205. The van der Waals surface area contributed by atoms with Crippen molar-refractivity contribution in [3.63, 3.8) is 0 Å². The summed E-state index contributed by atoms with van der Waals surface area (Å²) in [6.45, 7) is 5.35. The molecule has 202 valence electrons. The van der Waals surface area contributed by atoms with Crippen LogP contribution in [0.5, 0.6) is 17.2 Å². The van der Waals surface area contributed by atoms with E-state index in [-0.39, 0.29) is 5.91 Å². The van der Waals surface area contributed by atoms with Crippen LogP contribution in [-0.4, -0.2) is 69.3 Å². The summed E-state index contributed by atoms with van der Waals surface area (Å²) in [7, 11) is 3.29. The zero-order valence-corrected chi connectivity index (χ0v) is 24.9. The van der Waals surface area contributed by atoms with E-state index in [2.05, 4.69) is 41.7 Å². The molecule has 37 heavy (non-hydrogen) atoms. The summed E-state index contributed by atoms with van der Waals surface area (Å²) in [5.74, 6) is 2.90. The first-order valence-electron chi connectivity index (χ1n) is 13.0. The van der Waals surface area contributed by atoms with Gasteiger partial charge in [-0.05, 0) is 105 Å². The minimum Gasteiger partial charge on any atom is -0.493 e. The highest BCUT2D eigenvalue weighted by molar-refractivity contribution is 9.11. The molecule has 0 aromatic heterocycles. The van der Waals surface area contributed by atoms with Crippen molar-refractivity contribution in [3.05, 3.63) is 44.3 Å². The third kappa shape index (κ3) is 7.33. The molecule has 1 saturated heterocycles. The summed E-state index contributed by atoms with van der Waals surface area (Å²) in [4.78, 5) is 17.8. The minimum absolute atomic E-state index is 0.205. The fraction of sp³-hybridized carbons (Fsp3) is 0.536. The van der Waals surface area contributed by atoms with Crippen LogP contribution in [0.1, 0.15) is 36.8 Å². The predicted octanol–water partition coefficient (Wildman–Crippen LogP) is 5.31. The Morgan fingerprint density at radius 2 is 1.70 bits per heavy atom. The molecule has 4 rings (SSSR count). The number of halogens is 2. The summed E-state index contributed by atoms with van der Waals surface area (Å²) in [5, 5.41) is 0. The SMILES string of the molecule is COc1cc2c(cc1OC)CC(=O)N(CC1CCCCN(CCCOc3cc(Br)c(N)c(Br)c3)C1)CC2. The molecule has 2 heterocycles. The number of methoxy groups -OCH3 is 2. The lowest BCUT2D eigenvalue weighted by molar-refractivity contribution is -0.130. The van der Waals surface area contributed by atoms with Crippen molar-refractivity contribution in [2.75, 3.05) is 59.3 Å². The zero-order chi connectivity index (χ0) is 26.4. The van der Waals surface area contributed by atoms with E-state index >= 15 is 0 Å². The number of nitrogen functional groups attached to an aromatic ring is 1. The molecule has 1 fully saturated rings. The van der Waals surface area contributed by atoms with Crippen LogP contribution in [-0.2, 0) is 17.6 Å². The van der Waals surface area contributed by atoms with Gasteiger partial charge in [-0.15, -0.1) is 0 Å². The van der Waals surface area contributed by atoms with Gasteiger partial charge in [-0.2, -0.15) is 0 Å². The average molecular weight is 639 g/mol. The number of likely N-dealkylation sites (tertiary alicyclic amines) is 1. The van der Waals surface area contributed by atoms with Gasteiger partial charge in [-0.3, -0.25) is 4.79 Å². The first-order chi connectivity index (χ1) is 17.9. The molecule has 9 heteroatoms. The Balaban J connectivity index is 1.29. The lowest BCUT2D eigenvalue weighted by atomic mass is 10.0. The Hall–Kier alpha value is -1.97. The van der Waals surface area contributed by atoms with Gasteiger partial charge in [0.15, 0.2) is 11.5 Å². The third-order valence-electron chi connectivity index (χ3n) is 7.32. The maximum absolute atomic E-state index is 13.2. The predicted molar refractivity (Wildman–Crippen MR) is 154 cm³/mol. The number of anilines is 1. The van der Waals surface area contributed by atoms with Gasteiger partial charge in [0.2, 0.25) is 5.91 Å². The number of amides is 1. The monoisotopic (exact) mass is 637 g/mol. The zero-order valence-electron chi connectivity index (χ0n) is 21.7. The van der Waals surface area contributed by atoms with Crippen LogP contribution in [0.15, 0.2) is 33.2 Å².